The fourth-order valence-corrected chi connectivity index (χ4v) is 4.02. The van der Waals surface area contributed by atoms with E-state index in [2.05, 4.69) is 28.2 Å². The van der Waals surface area contributed by atoms with E-state index in [4.69, 9.17) is 11.6 Å². The summed E-state index contributed by atoms with van der Waals surface area (Å²) < 4.78 is 32.2. The summed E-state index contributed by atoms with van der Waals surface area (Å²) in [5, 5.41) is 0.521. The van der Waals surface area contributed by atoms with Crippen molar-refractivity contribution in [3.8, 4) is 0 Å². The Morgan fingerprint density at radius 1 is 1.44 bits per heavy atom. The molecule has 0 spiro atoms. The lowest BCUT2D eigenvalue weighted by molar-refractivity contribution is 0.438. The second kappa shape index (κ2) is 7.35. The van der Waals surface area contributed by atoms with Crippen molar-refractivity contribution in [2.75, 3.05) is 0 Å². The first-order valence-electron chi connectivity index (χ1n) is 8.17. The van der Waals surface area contributed by atoms with E-state index in [0.717, 1.165) is 24.0 Å². The van der Waals surface area contributed by atoms with Crippen molar-refractivity contribution in [1.29, 1.82) is 0 Å². The quantitative estimate of drug-likeness (QED) is 0.708. The van der Waals surface area contributed by atoms with E-state index in [9.17, 15) is 8.09 Å². The molecule has 134 valence electrons. The normalized spacial score (nSPS) is 17.8. The zero-order valence-corrected chi connectivity index (χ0v) is 15.7. The summed E-state index contributed by atoms with van der Waals surface area (Å²) in [6.07, 6.45) is 4.91. The van der Waals surface area contributed by atoms with Crippen LogP contribution < -0.4 is 0 Å². The van der Waals surface area contributed by atoms with Crippen LogP contribution in [0.1, 0.15) is 37.1 Å². The van der Waals surface area contributed by atoms with E-state index in [0.29, 0.717) is 16.6 Å². The molecule has 2 unspecified atom stereocenters. The molecule has 8 heteroatoms. The molecule has 0 fully saturated rings. The number of halogens is 2. The van der Waals surface area contributed by atoms with E-state index < -0.39 is 10.3 Å². The number of hydrogen-bond acceptors (Lipinski definition) is 4. The van der Waals surface area contributed by atoms with E-state index in [1.54, 1.807) is 18.3 Å². The zero-order chi connectivity index (χ0) is 18.0. The van der Waals surface area contributed by atoms with Crippen LogP contribution in [0.5, 0.6) is 0 Å². The molecule has 0 saturated carbocycles. The van der Waals surface area contributed by atoms with Crippen molar-refractivity contribution in [1.82, 2.24) is 14.3 Å². The third kappa shape index (κ3) is 4.16. The second-order valence-electron chi connectivity index (χ2n) is 6.31. The Hall–Kier alpha value is -1.57. The monoisotopic (exact) mass is 382 g/mol. The molecule has 0 bridgehead atoms. The van der Waals surface area contributed by atoms with Crippen LogP contribution in [0.25, 0.3) is 0 Å². The largest absolute Gasteiger partial charge is 0.276 e. The van der Waals surface area contributed by atoms with Crippen molar-refractivity contribution < 1.29 is 8.09 Å². The molecule has 0 N–H and O–H groups in total. The Morgan fingerprint density at radius 3 is 2.92 bits per heavy atom. The average Bonchev–Trinajstić information content (AvgIpc) is 3.02. The van der Waals surface area contributed by atoms with Crippen LogP contribution in [0.2, 0.25) is 5.02 Å². The minimum Gasteiger partial charge on any atom is -0.244 e. The molecular formula is C17H20ClFN4OS. The number of fused-ring (bicyclic) bond motifs is 1. The molecule has 1 aromatic heterocycles. The lowest BCUT2D eigenvalue weighted by Gasteiger charge is -2.13. The van der Waals surface area contributed by atoms with Gasteiger partial charge in [-0.25, -0.2) is 9.97 Å². The maximum atomic E-state index is 14.7. The molecule has 1 aromatic carbocycles. The molecule has 25 heavy (non-hydrogen) atoms. The third-order valence-electron chi connectivity index (χ3n) is 4.39. The van der Waals surface area contributed by atoms with Crippen LogP contribution in [-0.4, -0.2) is 18.5 Å². The van der Waals surface area contributed by atoms with Crippen molar-refractivity contribution in [2.45, 2.75) is 39.8 Å². The lowest BCUT2D eigenvalue weighted by Crippen LogP contribution is -2.21. The average molecular weight is 383 g/mol. The highest BCUT2D eigenvalue weighted by molar-refractivity contribution is 7.86. The van der Waals surface area contributed by atoms with Gasteiger partial charge in [0.2, 0.25) is 0 Å². The first kappa shape index (κ1) is 18.2. The standard InChI is InChI=1S/C17H20ClFN4OS/c1-3-12(2)6-13-4-5-15(7-16(13)18)22-25(19,24)23-9-14-8-20-11-21-17(14)10-23/h4-5,7-8,11-12H,3,6,9-10H2,1-2H3. The predicted octanol–water partition coefficient (Wildman–Crippen LogP) is 4.63. The summed E-state index contributed by atoms with van der Waals surface area (Å²) in [6.45, 7) is 4.60. The smallest absolute Gasteiger partial charge is 0.244 e. The number of nitrogens with zero attached hydrogens (tertiary/aromatic N) is 4. The van der Waals surface area contributed by atoms with Crippen molar-refractivity contribution in [2.24, 2.45) is 10.3 Å². The molecule has 0 saturated heterocycles. The molecule has 3 rings (SSSR count). The minimum absolute atomic E-state index is 0.149. The Balaban J connectivity index is 1.82. The molecule has 0 aliphatic carbocycles. The van der Waals surface area contributed by atoms with Gasteiger partial charge in [-0.15, -0.1) is 3.89 Å². The first-order valence-corrected chi connectivity index (χ1v) is 9.92. The SMILES string of the molecule is CCC(C)Cc1ccc(N=S(=O)(F)N2Cc3cncnc3C2)cc1Cl. The van der Waals surface area contributed by atoms with Gasteiger partial charge in [0, 0.05) is 23.3 Å². The van der Waals surface area contributed by atoms with Crippen LogP contribution >= 0.6 is 11.6 Å². The van der Waals surface area contributed by atoms with Crippen LogP contribution in [-0.2, 0) is 29.8 Å². The number of aromatic nitrogens is 2. The Kier molecular flexibility index (Phi) is 5.36. The van der Waals surface area contributed by atoms with Gasteiger partial charge in [0.1, 0.15) is 6.33 Å². The maximum Gasteiger partial charge on any atom is 0.276 e. The summed E-state index contributed by atoms with van der Waals surface area (Å²) in [7, 11) is -4.06. The van der Waals surface area contributed by atoms with Crippen LogP contribution in [0.3, 0.4) is 0 Å². The van der Waals surface area contributed by atoms with Gasteiger partial charge in [-0.05, 0) is 30.0 Å². The fraction of sp³-hybridized carbons (Fsp3) is 0.412. The van der Waals surface area contributed by atoms with E-state index >= 15 is 0 Å². The first-order chi connectivity index (χ1) is 11.9. The van der Waals surface area contributed by atoms with Crippen LogP contribution in [0.15, 0.2) is 35.1 Å². The van der Waals surface area contributed by atoms with Crippen molar-refractivity contribution in [3.05, 3.63) is 52.6 Å². The van der Waals surface area contributed by atoms with Gasteiger partial charge in [-0.1, -0.05) is 37.9 Å². The van der Waals surface area contributed by atoms with Gasteiger partial charge in [-0.3, -0.25) is 0 Å². The molecule has 2 atom stereocenters. The highest BCUT2D eigenvalue weighted by Gasteiger charge is 2.29. The minimum atomic E-state index is -4.06. The summed E-state index contributed by atoms with van der Waals surface area (Å²) in [5.41, 5.74) is 2.71. The summed E-state index contributed by atoms with van der Waals surface area (Å²) in [5.74, 6) is 0.509. The Labute approximate surface area is 152 Å². The number of benzene rings is 1. The number of rotatable bonds is 5. The topological polar surface area (TPSA) is 58.5 Å². The molecule has 0 radical (unpaired) electrons. The molecule has 2 heterocycles. The van der Waals surface area contributed by atoms with Gasteiger partial charge in [0.15, 0.2) is 0 Å². The van der Waals surface area contributed by atoms with Gasteiger partial charge in [0.05, 0.1) is 17.9 Å². The van der Waals surface area contributed by atoms with Gasteiger partial charge >= 0.3 is 0 Å². The van der Waals surface area contributed by atoms with Crippen LogP contribution in [0.4, 0.5) is 9.57 Å². The third-order valence-corrected chi connectivity index (χ3v) is 6.08. The summed E-state index contributed by atoms with van der Waals surface area (Å²) >= 11 is 6.28. The highest BCUT2D eigenvalue weighted by Crippen LogP contribution is 2.30. The van der Waals surface area contributed by atoms with E-state index in [-0.39, 0.29) is 18.8 Å². The summed E-state index contributed by atoms with van der Waals surface area (Å²) in [4.78, 5) is 7.99. The molecular weight excluding hydrogens is 363 g/mol. The predicted molar refractivity (Wildman–Crippen MR) is 97.2 cm³/mol. The van der Waals surface area contributed by atoms with E-state index in [1.165, 1.54) is 10.6 Å². The molecule has 1 aliphatic rings. The maximum absolute atomic E-state index is 14.7. The highest BCUT2D eigenvalue weighted by atomic mass is 35.5. The van der Waals surface area contributed by atoms with Gasteiger partial charge in [-0.2, -0.15) is 12.9 Å². The van der Waals surface area contributed by atoms with Gasteiger partial charge in [0.25, 0.3) is 10.3 Å². The summed E-state index contributed by atoms with van der Waals surface area (Å²) in [6, 6.07) is 5.06. The molecule has 2 aromatic rings. The second-order valence-corrected chi connectivity index (χ2v) is 8.28. The Bertz CT molecular complexity index is 873. The molecule has 0 amide bonds. The van der Waals surface area contributed by atoms with Crippen LogP contribution in [0, 0.1) is 5.92 Å². The Morgan fingerprint density at radius 2 is 2.24 bits per heavy atom. The molecule has 5 nitrogen and oxygen atoms in total. The molecule has 1 aliphatic heterocycles. The van der Waals surface area contributed by atoms with Gasteiger partial charge < -0.3 is 0 Å². The number of hydrogen-bond donors (Lipinski definition) is 0. The van der Waals surface area contributed by atoms with E-state index in [1.807, 2.05) is 6.07 Å². The van der Waals surface area contributed by atoms with Crippen molar-refractivity contribution >= 4 is 27.6 Å². The lowest BCUT2D eigenvalue weighted by atomic mass is 9.99. The zero-order valence-electron chi connectivity index (χ0n) is 14.2. The fourth-order valence-electron chi connectivity index (χ4n) is 2.70. The van der Waals surface area contributed by atoms with Crippen molar-refractivity contribution in [3.63, 3.8) is 0 Å².